The number of carbonyl (C=O) groups excluding carboxylic acids is 1. The van der Waals surface area contributed by atoms with Gasteiger partial charge in [-0.1, -0.05) is 19.8 Å². The van der Waals surface area contributed by atoms with E-state index in [-0.39, 0.29) is 28.6 Å². The third-order valence-corrected chi connectivity index (χ3v) is 5.25. The van der Waals surface area contributed by atoms with E-state index in [1.165, 1.54) is 11.5 Å². The summed E-state index contributed by atoms with van der Waals surface area (Å²) in [7, 11) is 0. The predicted molar refractivity (Wildman–Crippen MR) is 105 cm³/mol. The molecule has 1 fully saturated rings. The highest BCUT2D eigenvalue weighted by Gasteiger charge is 2.29. The third-order valence-electron chi connectivity index (χ3n) is 5.25. The smallest absolute Gasteiger partial charge is 0.271 e. The lowest BCUT2D eigenvalue weighted by Gasteiger charge is -2.20. The molecule has 0 aliphatic heterocycles. The summed E-state index contributed by atoms with van der Waals surface area (Å²) in [6.45, 7) is 4.13. The molecule has 0 bridgehead atoms. The molecule has 1 aromatic heterocycles. The third kappa shape index (κ3) is 3.53. The van der Waals surface area contributed by atoms with Gasteiger partial charge in [0.2, 0.25) is 5.88 Å². The summed E-state index contributed by atoms with van der Waals surface area (Å²) < 4.78 is 6.77. The number of pyridine rings is 1. The summed E-state index contributed by atoms with van der Waals surface area (Å²) in [4.78, 5) is 25.9. The number of ketones is 1. The van der Waals surface area contributed by atoms with E-state index in [1.807, 2.05) is 13.0 Å². The zero-order valence-corrected chi connectivity index (χ0v) is 16.2. The van der Waals surface area contributed by atoms with Crippen molar-refractivity contribution >= 4 is 5.78 Å². The lowest BCUT2D eigenvalue weighted by Crippen LogP contribution is -2.29. The molecule has 0 unspecified atom stereocenters. The quantitative estimate of drug-likeness (QED) is 0.768. The number of aromatic nitrogens is 1. The second-order valence-corrected chi connectivity index (χ2v) is 7.13. The number of nitriles is 1. The highest BCUT2D eigenvalue weighted by Crippen LogP contribution is 2.34. The summed E-state index contributed by atoms with van der Waals surface area (Å²) in [5, 5.41) is 20.3. The standard InChI is InChI=1S/C22H24N2O4/c1-3-12-28-17-10-8-15(9-11-17)20(25)19-14(2)18(13-23)21(26)24(22(19)27)16-6-4-5-7-16/h8-11,16,27H,3-7,12H2,1-2H3. The summed E-state index contributed by atoms with van der Waals surface area (Å²) in [6, 6.07) is 8.39. The maximum absolute atomic E-state index is 13.1. The van der Waals surface area contributed by atoms with E-state index in [4.69, 9.17) is 4.74 Å². The Balaban J connectivity index is 2.08. The highest BCUT2D eigenvalue weighted by atomic mass is 16.5. The molecule has 1 N–H and O–H groups in total. The van der Waals surface area contributed by atoms with Crippen LogP contribution in [0.4, 0.5) is 0 Å². The Kier molecular flexibility index (Phi) is 5.84. The topological polar surface area (TPSA) is 92.3 Å². The zero-order valence-electron chi connectivity index (χ0n) is 16.2. The molecule has 0 radical (unpaired) electrons. The first-order chi connectivity index (χ1) is 13.5. The van der Waals surface area contributed by atoms with Gasteiger partial charge in [-0.2, -0.15) is 5.26 Å². The molecule has 1 saturated carbocycles. The van der Waals surface area contributed by atoms with Crippen molar-refractivity contribution in [2.24, 2.45) is 0 Å². The van der Waals surface area contributed by atoms with Crippen LogP contribution in [0, 0.1) is 18.3 Å². The summed E-state index contributed by atoms with van der Waals surface area (Å²) in [6.07, 6.45) is 4.29. The van der Waals surface area contributed by atoms with Crippen LogP contribution in [0.5, 0.6) is 11.6 Å². The van der Waals surface area contributed by atoms with Crippen molar-refractivity contribution in [1.82, 2.24) is 4.57 Å². The van der Waals surface area contributed by atoms with Gasteiger partial charge in [-0.25, -0.2) is 0 Å². The van der Waals surface area contributed by atoms with Crippen LogP contribution in [0.15, 0.2) is 29.1 Å². The van der Waals surface area contributed by atoms with Crippen LogP contribution in [0.2, 0.25) is 0 Å². The van der Waals surface area contributed by atoms with Crippen molar-refractivity contribution in [1.29, 1.82) is 5.26 Å². The summed E-state index contributed by atoms with van der Waals surface area (Å²) >= 11 is 0. The SMILES string of the molecule is CCCOc1ccc(C(=O)c2c(C)c(C#N)c(=O)n(C3CCCC3)c2O)cc1. The van der Waals surface area contributed by atoms with Crippen molar-refractivity contribution in [2.45, 2.75) is 52.0 Å². The minimum atomic E-state index is -0.524. The van der Waals surface area contributed by atoms with E-state index < -0.39 is 11.3 Å². The lowest BCUT2D eigenvalue weighted by atomic mass is 9.96. The molecule has 6 heteroatoms. The highest BCUT2D eigenvalue weighted by molar-refractivity contribution is 6.11. The normalized spacial score (nSPS) is 14.0. The molecule has 1 heterocycles. The first kappa shape index (κ1) is 19.7. The van der Waals surface area contributed by atoms with Crippen LogP contribution in [0.25, 0.3) is 0 Å². The molecule has 6 nitrogen and oxygen atoms in total. The first-order valence-corrected chi connectivity index (χ1v) is 9.65. The van der Waals surface area contributed by atoms with E-state index in [9.17, 15) is 20.0 Å². The molecule has 0 spiro atoms. The van der Waals surface area contributed by atoms with Crippen LogP contribution in [-0.2, 0) is 0 Å². The average molecular weight is 380 g/mol. The molecule has 146 valence electrons. The summed E-state index contributed by atoms with van der Waals surface area (Å²) in [5.41, 5.74) is -0.0104. The minimum absolute atomic E-state index is 0.0188. The number of hydrogen-bond acceptors (Lipinski definition) is 5. The Morgan fingerprint density at radius 1 is 1.29 bits per heavy atom. The van der Waals surface area contributed by atoms with Gasteiger partial charge in [0.1, 0.15) is 17.4 Å². The number of hydrogen-bond donors (Lipinski definition) is 1. The van der Waals surface area contributed by atoms with E-state index in [2.05, 4.69) is 0 Å². The van der Waals surface area contributed by atoms with Crippen LogP contribution in [-0.4, -0.2) is 22.1 Å². The molecule has 1 aliphatic carbocycles. The maximum Gasteiger partial charge on any atom is 0.271 e. The van der Waals surface area contributed by atoms with Crippen molar-refractivity contribution < 1.29 is 14.6 Å². The molecular formula is C22H24N2O4. The monoisotopic (exact) mass is 380 g/mol. The summed E-state index contributed by atoms with van der Waals surface area (Å²) in [5.74, 6) is -0.0991. The minimum Gasteiger partial charge on any atom is -0.494 e. The van der Waals surface area contributed by atoms with Gasteiger partial charge in [0.05, 0.1) is 12.2 Å². The average Bonchev–Trinajstić information content (AvgIpc) is 3.21. The Bertz CT molecular complexity index is 978. The lowest BCUT2D eigenvalue weighted by molar-refractivity contribution is 0.103. The van der Waals surface area contributed by atoms with Gasteiger partial charge in [0, 0.05) is 11.6 Å². The molecule has 0 saturated heterocycles. The van der Waals surface area contributed by atoms with Crippen LogP contribution in [0.3, 0.4) is 0 Å². The van der Waals surface area contributed by atoms with Crippen molar-refractivity contribution in [3.8, 4) is 17.7 Å². The van der Waals surface area contributed by atoms with Crippen molar-refractivity contribution in [2.75, 3.05) is 6.61 Å². The Hall–Kier alpha value is -3.07. The van der Waals surface area contributed by atoms with E-state index in [0.29, 0.717) is 17.9 Å². The van der Waals surface area contributed by atoms with Gasteiger partial charge in [-0.3, -0.25) is 14.2 Å². The second-order valence-electron chi connectivity index (χ2n) is 7.13. The van der Waals surface area contributed by atoms with Crippen LogP contribution in [0.1, 0.15) is 72.1 Å². The number of nitrogens with zero attached hydrogens (tertiary/aromatic N) is 2. The Labute approximate surface area is 164 Å². The molecule has 1 aromatic carbocycles. The molecule has 28 heavy (non-hydrogen) atoms. The van der Waals surface area contributed by atoms with Gasteiger partial charge in [0.25, 0.3) is 5.56 Å². The van der Waals surface area contributed by atoms with Crippen molar-refractivity contribution in [3.05, 3.63) is 56.9 Å². The molecule has 0 atom stereocenters. The van der Waals surface area contributed by atoms with Gasteiger partial charge in [-0.15, -0.1) is 0 Å². The molecular weight excluding hydrogens is 356 g/mol. The van der Waals surface area contributed by atoms with Gasteiger partial charge < -0.3 is 9.84 Å². The van der Waals surface area contributed by atoms with E-state index >= 15 is 0 Å². The largest absolute Gasteiger partial charge is 0.494 e. The number of ether oxygens (including phenoxy) is 1. The predicted octanol–water partition coefficient (Wildman–Crippen LogP) is 3.87. The van der Waals surface area contributed by atoms with Crippen LogP contribution >= 0.6 is 0 Å². The number of benzene rings is 1. The van der Waals surface area contributed by atoms with Crippen LogP contribution < -0.4 is 10.3 Å². The number of carbonyl (C=O) groups is 1. The van der Waals surface area contributed by atoms with Gasteiger partial charge in [-0.05, 0) is 56.0 Å². The van der Waals surface area contributed by atoms with E-state index in [0.717, 1.165) is 32.1 Å². The fraction of sp³-hybridized carbons (Fsp3) is 0.409. The first-order valence-electron chi connectivity index (χ1n) is 9.65. The van der Waals surface area contributed by atoms with E-state index in [1.54, 1.807) is 24.3 Å². The Morgan fingerprint density at radius 2 is 1.93 bits per heavy atom. The number of aromatic hydroxyl groups is 1. The van der Waals surface area contributed by atoms with Gasteiger partial charge in [0.15, 0.2) is 5.78 Å². The zero-order chi connectivity index (χ0) is 20.3. The second kappa shape index (κ2) is 8.30. The Morgan fingerprint density at radius 3 is 2.50 bits per heavy atom. The number of rotatable bonds is 6. The van der Waals surface area contributed by atoms with Gasteiger partial charge >= 0.3 is 0 Å². The molecule has 0 amide bonds. The molecule has 3 rings (SSSR count). The maximum atomic E-state index is 13.1. The fourth-order valence-corrected chi connectivity index (χ4v) is 3.76. The molecule has 2 aromatic rings. The van der Waals surface area contributed by atoms with Crippen molar-refractivity contribution in [3.63, 3.8) is 0 Å². The fourth-order valence-electron chi connectivity index (χ4n) is 3.76. The molecule has 1 aliphatic rings.